The number of hydrogen-bond donors (Lipinski definition) is 1. The van der Waals surface area contributed by atoms with Crippen LogP contribution in [0.5, 0.6) is 0 Å². The lowest BCUT2D eigenvalue weighted by Gasteiger charge is -2.24. The molecule has 0 radical (unpaired) electrons. The average molecular weight is 415 g/mol. The molecule has 4 rings (SSSR count). The lowest BCUT2D eigenvalue weighted by molar-refractivity contribution is -0.155. The predicted molar refractivity (Wildman–Crippen MR) is 99.4 cm³/mol. The van der Waals surface area contributed by atoms with Gasteiger partial charge in [0.1, 0.15) is 36.2 Å². The molecular formula is C22H19F2NO5. The van der Waals surface area contributed by atoms with Crippen molar-refractivity contribution in [2.45, 2.75) is 25.2 Å². The monoisotopic (exact) mass is 415 g/mol. The zero-order valence-electron chi connectivity index (χ0n) is 15.8. The van der Waals surface area contributed by atoms with Gasteiger partial charge in [0, 0.05) is 29.4 Å². The van der Waals surface area contributed by atoms with Gasteiger partial charge in [0.15, 0.2) is 0 Å². The summed E-state index contributed by atoms with van der Waals surface area (Å²) in [6.45, 7) is -0.622. The van der Waals surface area contributed by atoms with E-state index in [-0.39, 0.29) is 36.5 Å². The molecular weight excluding hydrogens is 396 g/mol. The first-order chi connectivity index (χ1) is 14.3. The number of hydrogen-bond acceptors (Lipinski definition) is 6. The van der Waals surface area contributed by atoms with E-state index in [0.717, 1.165) is 0 Å². The van der Waals surface area contributed by atoms with Gasteiger partial charge in [-0.2, -0.15) is 0 Å². The fourth-order valence-electron chi connectivity index (χ4n) is 4.13. The summed E-state index contributed by atoms with van der Waals surface area (Å²) >= 11 is 0. The molecule has 0 bridgehead atoms. The Morgan fingerprint density at radius 1 is 0.967 bits per heavy atom. The molecule has 4 atom stereocenters. The van der Waals surface area contributed by atoms with E-state index in [1.165, 1.54) is 36.4 Å². The number of esters is 2. The number of ether oxygens (including phenoxy) is 2. The van der Waals surface area contributed by atoms with Crippen molar-refractivity contribution in [3.63, 3.8) is 0 Å². The summed E-state index contributed by atoms with van der Waals surface area (Å²) in [4.78, 5) is 37.3. The first-order valence-electron chi connectivity index (χ1n) is 9.45. The Balaban J connectivity index is 1.40. The quantitative estimate of drug-likeness (QED) is 0.728. The largest absolute Gasteiger partial charge is 0.460 e. The molecule has 0 unspecified atom stereocenters. The molecule has 2 N–H and O–H groups in total. The summed E-state index contributed by atoms with van der Waals surface area (Å²) in [6, 6.07) is 11.7. The number of carbonyl (C=O) groups excluding carboxylic acids is 3. The second kappa shape index (κ2) is 7.60. The SMILES string of the molecule is N[C@@]1(C(=O)OCc2ccccc2F)CC(=O)[C@H]2[C@H](C(=O)OCc3ccccc3F)[C@H]21. The van der Waals surface area contributed by atoms with Crippen LogP contribution in [0.4, 0.5) is 8.78 Å². The smallest absolute Gasteiger partial charge is 0.327 e. The number of benzene rings is 2. The third kappa shape index (κ3) is 3.47. The van der Waals surface area contributed by atoms with Gasteiger partial charge in [0.05, 0.1) is 5.92 Å². The van der Waals surface area contributed by atoms with Crippen LogP contribution in [0.1, 0.15) is 17.5 Å². The van der Waals surface area contributed by atoms with Crippen molar-refractivity contribution < 1.29 is 32.6 Å². The minimum atomic E-state index is -1.67. The number of ketones is 1. The Bertz CT molecular complexity index is 1030. The molecule has 2 aliphatic rings. The highest BCUT2D eigenvalue weighted by molar-refractivity contribution is 6.03. The highest BCUT2D eigenvalue weighted by atomic mass is 19.1. The van der Waals surface area contributed by atoms with Crippen molar-refractivity contribution in [1.82, 2.24) is 0 Å². The molecule has 2 aliphatic carbocycles. The van der Waals surface area contributed by atoms with Crippen LogP contribution in [0, 0.1) is 29.4 Å². The fraction of sp³-hybridized carbons (Fsp3) is 0.318. The van der Waals surface area contributed by atoms with E-state index >= 15 is 0 Å². The highest BCUT2D eigenvalue weighted by Gasteiger charge is 2.74. The number of carbonyl (C=O) groups is 3. The Labute approximate surface area is 171 Å². The lowest BCUT2D eigenvalue weighted by atomic mass is 9.91. The molecule has 6 nitrogen and oxygen atoms in total. The summed E-state index contributed by atoms with van der Waals surface area (Å²) in [5, 5.41) is 0. The molecule has 30 heavy (non-hydrogen) atoms. The van der Waals surface area contributed by atoms with E-state index < -0.39 is 46.9 Å². The standard InChI is InChI=1S/C22H19F2NO5/c23-14-7-3-1-5-12(14)10-29-20(27)18-17-16(26)9-22(25,19(17)18)21(28)30-11-13-6-2-4-8-15(13)24/h1-8,17-19H,9-11,25H2/t17-,18-,19-,22-/m0/s1. The molecule has 0 aromatic heterocycles. The normalized spacial score (nSPS) is 26.8. The molecule has 8 heteroatoms. The van der Waals surface area contributed by atoms with E-state index in [1.54, 1.807) is 12.1 Å². The Hall–Kier alpha value is -3.13. The van der Waals surface area contributed by atoms with Crippen molar-refractivity contribution in [3.8, 4) is 0 Å². The molecule has 2 fully saturated rings. The van der Waals surface area contributed by atoms with Crippen LogP contribution in [0.15, 0.2) is 48.5 Å². The average Bonchev–Trinajstić information content (AvgIpc) is 3.43. The Morgan fingerprint density at radius 2 is 1.50 bits per heavy atom. The van der Waals surface area contributed by atoms with Crippen LogP contribution in [0.2, 0.25) is 0 Å². The fourth-order valence-corrected chi connectivity index (χ4v) is 4.13. The van der Waals surface area contributed by atoms with Crippen LogP contribution in [-0.2, 0) is 37.1 Å². The van der Waals surface area contributed by atoms with Crippen molar-refractivity contribution >= 4 is 17.7 Å². The number of halogens is 2. The van der Waals surface area contributed by atoms with E-state index in [1.807, 2.05) is 0 Å². The lowest BCUT2D eigenvalue weighted by Crippen LogP contribution is -2.51. The maximum atomic E-state index is 13.7. The van der Waals surface area contributed by atoms with E-state index in [2.05, 4.69) is 0 Å². The van der Waals surface area contributed by atoms with Crippen LogP contribution in [0.3, 0.4) is 0 Å². The van der Waals surface area contributed by atoms with Gasteiger partial charge in [-0.25, -0.2) is 8.78 Å². The summed E-state index contributed by atoms with van der Waals surface area (Å²) in [5.74, 6) is -5.27. The molecule has 2 aromatic rings. The van der Waals surface area contributed by atoms with Gasteiger partial charge >= 0.3 is 11.9 Å². The number of rotatable bonds is 6. The molecule has 0 aliphatic heterocycles. The van der Waals surface area contributed by atoms with Crippen molar-refractivity contribution in [2.75, 3.05) is 0 Å². The van der Waals surface area contributed by atoms with Gasteiger partial charge in [-0.05, 0) is 12.1 Å². The van der Waals surface area contributed by atoms with E-state index in [4.69, 9.17) is 15.2 Å². The third-order valence-corrected chi connectivity index (χ3v) is 5.75. The molecule has 0 saturated heterocycles. The first-order valence-corrected chi connectivity index (χ1v) is 9.45. The summed E-state index contributed by atoms with van der Waals surface area (Å²) < 4.78 is 37.7. The summed E-state index contributed by atoms with van der Waals surface area (Å²) in [7, 11) is 0. The van der Waals surface area contributed by atoms with Crippen LogP contribution in [0.25, 0.3) is 0 Å². The molecule has 156 valence electrons. The molecule has 2 aromatic carbocycles. The van der Waals surface area contributed by atoms with Gasteiger partial charge in [-0.1, -0.05) is 36.4 Å². The Morgan fingerprint density at radius 3 is 2.07 bits per heavy atom. The van der Waals surface area contributed by atoms with Crippen molar-refractivity contribution in [2.24, 2.45) is 23.5 Å². The zero-order valence-corrected chi connectivity index (χ0v) is 15.8. The second-order valence-corrected chi connectivity index (χ2v) is 7.63. The zero-order chi connectivity index (χ0) is 21.5. The predicted octanol–water partition coefficient (Wildman–Crippen LogP) is 2.28. The topological polar surface area (TPSA) is 95.7 Å². The van der Waals surface area contributed by atoms with Gasteiger partial charge in [-0.3, -0.25) is 14.4 Å². The molecule has 2 saturated carbocycles. The van der Waals surface area contributed by atoms with Gasteiger partial charge < -0.3 is 15.2 Å². The van der Waals surface area contributed by atoms with Gasteiger partial charge in [0.25, 0.3) is 0 Å². The number of fused-ring (bicyclic) bond motifs is 1. The van der Waals surface area contributed by atoms with Crippen molar-refractivity contribution in [3.05, 3.63) is 71.3 Å². The highest BCUT2D eigenvalue weighted by Crippen LogP contribution is 2.60. The minimum absolute atomic E-state index is 0.173. The van der Waals surface area contributed by atoms with Crippen LogP contribution in [-0.4, -0.2) is 23.3 Å². The van der Waals surface area contributed by atoms with Gasteiger partial charge in [-0.15, -0.1) is 0 Å². The second-order valence-electron chi connectivity index (χ2n) is 7.63. The first kappa shape index (κ1) is 20.2. The van der Waals surface area contributed by atoms with Crippen LogP contribution < -0.4 is 5.73 Å². The van der Waals surface area contributed by atoms with E-state index in [0.29, 0.717) is 0 Å². The number of Topliss-reactive ketones (excluding diaryl/α,β-unsaturated/α-hetero) is 1. The van der Waals surface area contributed by atoms with Gasteiger partial charge in [0.2, 0.25) is 0 Å². The Kier molecular flexibility index (Phi) is 5.11. The van der Waals surface area contributed by atoms with Crippen LogP contribution >= 0.6 is 0 Å². The van der Waals surface area contributed by atoms with E-state index in [9.17, 15) is 23.2 Å². The minimum Gasteiger partial charge on any atom is -0.460 e. The summed E-state index contributed by atoms with van der Waals surface area (Å²) in [5.41, 5.74) is 4.88. The summed E-state index contributed by atoms with van der Waals surface area (Å²) in [6.07, 6.45) is -0.254. The maximum Gasteiger partial charge on any atom is 0.327 e. The maximum absolute atomic E-state index is 13.7. The molecule has 0 amide bonds. The molecule has 0 heterocycles. The molecule has 0 spiro atoms. The van der Waals surface area contributed by atoms with Crippen molar-refractivity contribution in [1.29, 1.82) is 0 Å². The third-order valence-electron chi connectivity index (χ3n) is 5.75. The number of nitrogens with two attached hydrogens (primary N) is 1.